The zero-order valence-corrected chi connectivity index (χ0v) is 11.1. The van der Waals surface area contributed by atoms with Gasteiger partial charge in [-0.2, -0.15) is 0 Å². The molecule has 0 fully saturated rings. The van der Waals surface area contributed by atoms with Crippen LogP contribution in [0, 0.1) is 17.0 Å². The maximum absolute atomic E-state index is 10.7. The molecule has 1 rings (SSSR count). The minimum Gasteiger partial charge on any atom is -0.492 e. The summed E-state index contributed by atoms with van der Waals surface area (Å²) in [6.45, 7) is 7.28. The van der Waals surface area contributed by atoms with Gasteiger partial charge in [0, 0.05) is 24.2 Å². The standard InChI is InChI=1S/C13H20N2O3/c1-4-11(3)14-7-8-18-12-5-6-13(15(16)17)10(2)9-12/h5-6,9,11,14H,4,7-8H2,1-3H3/t11-/m1/s1. The van der Waals surface area contributed by atoms with Crippen LogP contribution in [-0.2, 0) is 0 Å². The van der Waals surface area contributed by atoms with E-state index >= 15 is 0 Å². The lowest BCUT2D eigenvalue weighted by atomic mass is 10.2. The van der Waals surface area contributed by atoms with E-state index in [1.807, 2.05) is 0 Å². The number of nitrogens with zero attached hydrogens (tertiary/aromatic N) is 1. The van der Waals surface area contributed by atoms with Gasteiger partial charge in [-0.05, 0) is 32.4 Å². The smallest absolute Gasteiger partial charge is 0.272 e. The summed E-state index contributed by atoms with van der Waals surface area (Å²) in [5.41, 5.74) is 0.743. The van der Waals surface area contributed by atoms with Crippen LogP contribution in [0.4, 0.5) is 5.69 Å². The average molecular weight is 252 g/mol. The monoisotopic (exact) mass is 252 g/mol. The Labute approximate surface area is 107 Å². The predicted molar refractivity (Wildman–Crippen MR) is 71.1 cm³/mol. The van der Waals surface area contributed by atoms with Gasteiger partial charge in [-0.3, -0.25) is 10.1 Å². The molecule has 0 spiro atoms. The van der Waals surface area contributed by atoms with Crippen LogP contribution in [-0.4, -0.2) is 24.1 Å². The molecule has 5 nitrogen and oxygen atoms in total. The SMILES string of the molecule is CC[C@@H](C)NCCOc1ccc([N+](=O)[O-])c(C)c1. The van der Waals surface area contributed by atoms with Crippen molar-refractivity contribution in [2.75, 3.05) is 13.2 Å². The Morgan fingerprint density at radius 2 is 2.22 bits per heavy atom. The third-order valence-electron chi connectivity index (χ3n) is 2.84. The lowest BCUT2D eigenvalue weighted by Gasteiger charge is -2.12. The Morgan fingerprint density at radius 1 is 1.50 bits per heavy atom. The third-order valence-corrected chi connectivity index (χ3v) is 2.84. The molecule has 0 heterocycles. The van der Waals surface area contributed by atoms with E-state index < -0.39 is 0 Å². The van der Waals surface area contributed by atoms with Crippen molar-refractivity contribution in [2.45, 2.75) is 33.2 Å². The minimum absolute atomic E-state index is 0.125. The van der Waals surface area contributed by atoms with E-state index in [-0.39, 0.29) is 10.6 Å². The molecule has 0 aliphatic heterocycles. The van der Waals surface area contributed by atoms with E-state index in [1.165, 1.54) is 6.07 Å². The molecule has 0 aromatic heterocycles. The number of nitrogens with one attached hydrogen (secondary N) is 1. The molecule has 100 valence electrons. The minimum atomic E-state index is -0.385. The number of benzene rings is 1. The van der Waals surface area contributed by atoms with Gasteiger partial charge in [0.1, 0.15) is 12.4 Å². The molecule has 0 saturated carbocycles. The fourth-order valence-corrected chi connectivity index (χ4v) is 1.54. The fraction of sp³-hybridized carbons (Fsp3) is 0.538. The van der Waals surface area contributed by atoms with Crippen molar-refractivity contribution < 1.29 is 9.66 Å². The van der Waals surface area contributed by atoms with E-state index in [0.29, 0.717) is 24.0 Å². The largest absolute Gasteiger partial charge is 0.492 e. The summed E-state index contributed by atoms with van der Waals surface area (Å²) in [7, 11) is 0. The summed E-state index contributed by atoms with van der Waals surface area (Å²) < 4.78 is 5.53. The Bertz CT molecular complexity index is 407. The van der Waals surface area contributed by atoms with E-state index in [4.69, 9.17) is 4.74 Å². The third kappa shape index (κ3) is 4.33. The molecule has 1 atom stereocenters. The zero-order chi connectivity index (χ0) is 13.5. The van der Waals surface area contributed by atoms with Gasteiger partial charge in [-0.25, -0.2) is 0 Å². The molecule has 1 aromatic rings. The van der Waals surface area contributed by atoms with Crippen molar-refractivity contribution in [1.82, 2.24) is 5.32 Å². The van der Waals surface area contributed by atoms with Gasteiger partial charge in [-0.1, -0.05) is 6.92 Å². The molecule has 0 unspecified atom stereocenters. The van der Waals surface area contributed by atoms with Crippen LogP contribution in [0.25, 0.3) is 0 Å². The molecular formula is C13H20N2O3. The fourth-order valence-electron chi connectivity index (χ4n) is 1.54. The van der Waals surface area contributed by atoms with Crippen molar-refractivity contribution in [2.24, 2.45) is 0 Å². The van der Waals surface area contributed by atoms with E-state index in [0.717, 1.165) is 13.0 Å². The molecule has 0 aliphatic carbocycles. The molecular weight excluding hydrogens is 232 g/mol. The molecule has 0 radical (unpaired) electrons. The quantitative estimate of drug-likeness (QED) is 0.460. The van der Waals surface area contributed by atoms with Gasteiger partial charge < -0.3 is 10.1 Å². The lowest BCUT2D eigenvalue weighted by Crippen LogP contribution is -2.29. The molecule has 0 saturated heterocycles. The van der Waals surface area contributed by atoms with Gasteiger partial charge in [0.15, 0.2) is 0 Å². The van der Waals surface area contributed by atoms with Crippen LogP contribution >= 0.6 is 0 Å². The van der Waals surface area contributed by atoms with Crippen molar-refractivity contribution in [1.29, 1.82) is 0 Å². The van der Waals surface area contributed by atoms with Gasteiger partial charge in [0.2, 0.25) is 0 Å². The number of nitro benzene ring substituents is 1. The van der Waals surface area contributed by atoms with Crippen LogP contribution < -0.4 is 10.1 Å². The highest BCUT2D eigenvalue weighted by atomic mass is 16.6. The molecule has 5 heteroatoms. The number of rotatable bonds is 7. The van der Waals surface area contributed by atoms with Crippen molar-refractivity contribution in [3.05, 3.63) is 33.9 Å². The number of ether oxygens (including phenoxy) is 1. The lowest BCUT2D eigenvalue weighted by molar-refractivity contribution is -0.385. The summed E-state index contributed by atoms with van der Waals surface area (Å²) in [4.78, 5) is 10.3. The van der Waals surface area contributed by atoms with Crippen LogP contribution in [0.1, 0.15) is 25.8 Å². The number of hydrogen-bond donors (Lipinski definition) is 1. The number of hydrogen-bond acceptors (Lipinski definition) is 4. The molecule has 0 amide bonds. The van der Waals surface area contributed by atoms with Crippen LogP contribution in [0.15, 0.2) is 18.2 Å². The van der Waals surface area contributed by atoms with E-state index in [1.54, 1.807) is 19.1 Å². The highest BCUT2D eigenvalue weighted by Gasteiger charge is 2.10. The van der Waals surface area contributed by atoms with Crippen molar-refractivity contribution >= 4 is 5.69 Å². The van der Waals surface area contributed by atoms with Gasteiger partial charge in [0.05, 0.1) is 4.92 Å². The highest BCUT2D eigenvalue weighted by Crippen LogP contribution is 2.22. The normalized spacial score (nSPS) is 12.2. The molecule has 0 bridgehead atoms. The second kappa shape index (κ2) is 6.96. The Morgan fingerprint density at radius 3 is 2.78 bits per heavy atom. The van der Waals surface area contributed by atoms with E-state index in [2.05, 4.69) is 19.2 Å². The Hall–Kier alpha value is -1.62. The first-order chi connectivity index (χ1) is 8.54. The van der Waals surface area contributed by atoms with Gasteiger partial charge in [-0.15, -0.1) is 0 Å². The zero-order valence-electron chi connectivity index (χ0n) is 11.1. The summed E-state index contributed by atoms with van der Waals surface area (Å²) in [5.74, 6) is 0.670. The average Bonchev–Trinajstić information content (AvgIpc) is 2.34. The van der Waals surface area contributed by atoms with Crippen LogP contribution in [0.5, 0.6) is 5.75 Å². The maximum Gasteiger partial charge on any atom is 0.272 e. The highest BCUT2D eigenvalue weighted by molar-refractivity contribution is 5.44. The number of aryl methyl sites for hydroxylation is 1. The maximum atomic E-state index is 10.7. The second-order valence-electron chi connectivity index (χ2n) is 4.32. The molecule has 1 N–H and O–H groups in total. The summed E-state index contributed by atoms with van der Waals surface area (Å²) in [6, 6.07) is 5.29. The van der Waals surface area contributed by atoms with Crippen molar-refractivity contribution in [3.63, 3.8) is 0 Å². The van der Waals surface area contributed by atoms with Gasteiger partial charge >= 0.3 is 0 Å². The predicted octanol–water partition coefficient (Wildman–Crippen LogP) is 2.67. The first kappa shape index (κ1) is 14.4. The van der Waals surface area contributed by atoms with Crippen LogP contribution in [0.3, 0.4) is 0 Å². The Kier molecular flexibility index (Phi) is 5.58. The first-order valence-corrected chi connectivity index (χ1v) is 6.15. The number of nitro groups is 1. The van der Waals surface area contributed by atoms with Gasteiger partial charge in [0.25, 0.3) is 5.69 Å². The molecule has 18 heavy (non-hydrogen) atoms. The van der Waals surface area contributed by atoms with E-state index in [9.17, 15) is 10.1 Å². The first-order valence-electron chi connectivity index (χ1n) is 6.15. The molecule has 0 aliphatic rings. The Balaban J connectivity index is 2.44. The summed E-state index contributed by atoms with van der Waals surface area (Å²) >= 11 is 0. The van der Waals surface area contributed by atoms with Crippen molar-refractivity contribution in [3.8, 4) is 5.75 Å². The topological polar surface area (TPSA) is 64.4 Å². The van der Waals surface area contributed by atoms with Crippen LogP contribution in [0.2, 0.25) is 0 Å². The summed E-state index contributed by atoms with van der Waals surface area (Å²) in [5, 5.41) is 14.0. The summed E-state index contributed by atoms with van der Waals surface area (Å²) in [6.07, 6.45) is 1.08. The molecule has 1 aromatic carbocycles. The second-order valence-corrected chi connectivity index (χ2v) is 4.32.